The van der Waals surface area contributed by atoms with Crippen LogP contribution in [0.2, 0.25) is 0 Å². The molecule has 0 amide bonds. The van der Waals surface area contributed by atoms with E-state index in [4.69, 9.17) is 4.74 Å². The van der Waals surface area contributed by atoms with Gasteiger partial charge in [0.25, 0.3) is 0 Å². The molecule has 1 atom stereocenters. The summed E-state index contributed by atoms with van der Waals surface area (Å²) in [6.45, 7) is 4.47. The van der Waals surface area contributed by atoms with Crippen LogP contribution in [0.3, 0.4) is 0 Å². The zero-order valence-corrected chi connectivity index (χ0v) is 13.5. The van der Waals surface area contributed by atoms with E-state index in [1.54, 1.807) is 0 Å². The van der Waals surface area contributed by atoms with Crippen LogP contribution < -0.4 is 10.1 Å². The van der Waals surface area contributed by atoms with E-state index in [9.17, 15) is 8.42 Å². The summed E-state index contributed by atoms with van der Waals surface area (Å²) in [6, 6.07) is 8.37. The second kappa shape index (κ2) is 7.24. The lowest BCUT2D eigenvalue weighted by Gasteiger charge is -2.27. The molecule has 118 valence electrons. The minimum Gasteiger partial charge on any atom is -0.493 e. The van der Waals surface area contributed by atoms with Crippen LogP contribution in [0.4, 0.5) is 0 Å². The number of para-hydroxylation sites is 1. The number of nitrogens with zero attached hydrogens (tertiary/aromatic N) is 1. The zero-order chi connectivity index (χ0) is 15.3. The first-order valence-corrected chi connectivity index (χ1v) is 9.27. The van der Waals surface area contributed by atoms with E-state index >= 15 is 0 Å². The van der Waals surface area contributed by atoms with Crippen LogP contribution in [-0.4, -0.2) is 45.2 Å². The van der Waals surface area contributed by atoms with E-state index in [2.05, 4.69) is 11.4 Å². The first-order chi connectivity index (χ1) is 10.0. The number of hydrogen-bond acceptors (Lipinski definition) is 4. The van der Waals surface area contributed by atoms with Crippen LogP contribution in [0.5, 0.6) is 5.75 Å². The van der Waals surface area contributed by atoms with E-state index in [1.165, 1.54) is 16.1 Å². The Balaban J connectivity index is 1.82. The van der Waals surface area contributed by atoms with E-state index in [0.717, 1.165) is 31.7 Å². The zero-order valence-electron chi connectivity index (χ0n) is 12.7. The van der Waals surface area contributed by atoms with Crippen LogP contribution in [-0.2, 0) is 10.0 Å². The Hall–Kier alpha value is -1.11. The molecule has 1 aromatic rings. The van der Waals surface area contributed by atoms with Crippen molar-refractivity contribution < 1.29 is 13.2 Å². The lowest BCUT2D eigenvalue weighted by Crippen LogP contribution is -2.33. The monoisotopic (exact) mass is 312 g/mol. The second-order valence-electron chi connectivity index (χ2n) is 5.29. The number of fused-ring (bicyclic) bond motifs is 1. The minimum absolute atomic E-state index is 0.295. The molecule has 0 saturated carbocycles. The number of ether oxygens (including phenoxy) is 1. The third kappa shape index (κ3) is 4.43. The van der Waals surface area contributed by atoms with Gasteiger partial charge in [-0.05, 0) is 19.0 Å². The summed E-state index contributed by atoms with van der Waals surface area (Å²) in [5.41, 5.74) is 1.19. The molecule has 1 aliphatic rings. The molecule has 0 saturated heterocycles. The van der Waals surface area contributed by atoms with Crippen LogP contribution >= 0.6 is 0 Å². The molecule has 1 heterocycles. The number of nitrogens with one attached hydrogen (secondary N) is 1. The Morgan fingerprint density at radius 1 is 1.38 bits per heavy atom. The molecule has 1 N–H and O–H groups in total. The SMILES string of the molecule is CCN(CCCNC1CCOc2ccccc21)S(C)(=O)=O. The molecular weight excluding hydrogens is 288 g/mol. The van der Waals surface area contributed by atoms with Crippen LogP contribution in [0, 0.1) is 0 Å². The summed E-state index contributed by atoms with van der Waals surface area (Å²) in [5, 5.41) is 3.51. The Morgan fingerprint density at radius 2 is 2.14 bits per heavy atom. The molecule has 2 rings (SSSR count). The number of hydrogen-bond donors (Lipinski definition) is 1. The molecule has 1 unspecified atom stereocenters. The third-order valence-corrected chi connectivity index (χ3v) is 5.13. The first kappa shape index (κ1) is 16.3. The summed E-state index contributed by atoms with van der Waals surface area (Å²) in [6.07, 6.45) is 3.01. The average molecular weight is 312 g/mol. The predicted octanol–water partition coefficient (Wildman–Crippen LogP) is 1.77. The van der Waals surface area contributed by atoms with Gasteiger partial charge in [0.2, 0.25) is 10.0 Å². The Bertz CT molecular complexity index is 560. The molecule has 0 aromatic heterocycles. The van der Waals surface area contributed by atoms with Gasteiger partial charge in [0, 0.05) is 31.1 Å². The molecule has 0 spiro atoms. The minimum atomic E-state index is -3.08. The maximum absolute atomic E-state index is 11.5. The largest absolute Gasteiger partial charge is 0.493 e. The highest BCUT2D eigenvalue weighted by atomic mass is 32.2. The summed E-state index contributed by atoms with van der Waals surface area (Å²) >= 11 is 0. The lowest BCUT2D eigenvalue weighted by atomic mass is 10.0. The third-order valence-electron chi connectivity index (χ3n) is 3.76. The molecule has 1 aromatic carbocycles. The van der Waals surface area contributed by atoms with Crippen molar-refractivity contribution in [2.24, 2.45) is 0 Å². The summed E-state index contributed by atoms with van der Waals surface area (Å²) in [4.78, 5) is 0. The van der Waals surface area contributed by atoms with Gasteiger partial charge in [-0.15, -0.1) is 0 Å². The fourth-order valence-corrected chi connectivity index (χ4v) is 3.57. The second-order valence-corrected chi connectivity index (χ2v) is 7.27. The van der Waals surface area contributed by atoms with Gasteiger partial charge >= 0.3 is 0 Å². The molecule has 0 fully saturated rings. The van der Waals surface area contributed by atoms with Crippen LogP contribution in [0.15, 0.2) is 24.3 Å². The van der Waals surface area contributed by atoms with E-state index in [0.29, 0.717) is 19.1 Å². The topological polar surface area (TPSA) is 58.6 Å². The van der Waals surface area contributed by atoms with Crippen molar-refractivity contribution in [3.63, 3.8) is 0 Å². The molecule has 0 radical (unpaired) electrons. The average Bonchev–Trinajstić information content (AvgIpc) is 2.46. The number of rotatable bonds is 7. The summed E-state index contributed by atoms with van der Waals surface area (Å²) in [5.74, 6) is 0.951. The van der Waals surface area contributed by atoms with Crippen molar-refractivity contribution in [2.75, 3.05) is 32.5 Å². The molecule has 21 heavy (non-hydrogen) atoms. The number of sulfonamides is 1. The van der Waals surface area contributed by atoms with E-state index < -0.39 is 10.0 Å². The fourth-order valence-electron chi connectivity index (χ4n) is 2.64. The van der Waals surface area contributed by atoms with Gasteiger partial charge in [-0.1, -0.05) is 25.1 Å². The normalized spacial score (nSPS) is 18.3. The van der Waals surface area contributed by atoms with Gasteiger partial charge in [0.05, 0.1) is 12.9 Å². The van der Waals surface area contributed by atoms with Gasteiger partial charge in [-0.2, -0.15) is 0 Å². The predicted molar refractivity (Wildman–Crippen MR) is 84.0 cm³/mol. The van der Waals surface area contributed by atoms with Crippen molar-refractivity contribution in [1.82, 2.24) is 9.62 Å². The van der Waals surface area contributed by atoms with Crippen molar-refractivity contribution >= 4 is 10.0 Å². The Labute approximate surface area is 127 Å². The molecule has 5 nitrogen and oxygen atoms in total. The maximum atomic E-state index is 11.5. The molecular formula is C15H24N2O3S. The van der Waals surface area contributed by atoms with Crippen molar-refractivity contribution in [1.29, 1.82) is 0 Å². The fraction of sp³-hybridized carbons (Fsp3) is 0.600. The van der Waals surface area contributed by atoms with Crippen molar-refractivity contribution in [3.05, 3.63) is 29.8 Å². The molecule has 6 heteroatoms. The van der Waals surface area contributed by atoms with E-state index in [1.807, 2.05) is 25.1 Å². The van der Waals surface area contributed by atoms with Crippen LogP contribution in [0.1, 0.15) is 31.4 Å². The lowest BCUT2D eigenvalue weighted by molar-refractivity contribution is 0.252. The summed E-state index contributed by atoms with van der Waals surface area (Å²) < 4.78 is 30.2. The van der Waals surface area contributed by atoms with E-state index in [-0.39, 0.29) is 0 Å². The maximum Gasteiger partial charge on any atom is 0.211 e. The standard InChI is InChI=1S/C15H24N2O3S/c1-3-17(21(2,18)19)11-6-10-16-14-9-12-20-15-8-5-4-7-13(14)15/h4-5,7-8,14,16H,3,6,9-12H2,1-2H3. The van der Waals surface area contributed by atoms with Crippen molar-refractivity contribution in [3.8, 4) is 5.75 Å². The quantitative estimate of drug-likeness (QED) is 0.780. The van der Waals surface area contributed by atoms with Gasteiger partial charge in [-0.3, -0.25) is 0 Å². The van der Waals surface area contributed by atoms with Gasteiger partial charge in [0.15, 0.2) is 0 Å². The highest BCUT2D eigenvalue weighted by Gasteiger charge is 2.20. The Kier molecular flexibility index (Phi) is 5.61. The van der Waals surface area contributed by atoms with Gasteiger partial charge in [0.1, 0.15) is 5.75 Å². The smallest absolute Gasteiger partial charge is 0.211 e. The summed E-state index contributed by atoms with van der Waals surface area (Å²) in [7, 11) is -3.08. The molecule has 0 aliphatic carbocycles. The van der Waals surface area contributed by atoms with Crippen LogP contribution in [0.25, 0.3) is 0 Å². The first-order valence-electron chi connectivity index (χ1n) is 7.42. The molecule has 0 bridgehead atoms. The van der Waals surface area contributed by atoms with Gasteiger partial charge in [-0.25, -0.2) is 12.7 Å². The Morgan fingerprint density at radius 3 is 2.86 bits per heavy atom. The van der Waals surface area contributed by atoms with Gasteiger partial charge < -0.3 is 10.1 Å². The van der Waals surface area contributed by atoms with Crippen molar-refractivity contribution in [2.45, 2.75) is 25.8 Å². The number of benzene rings is 1. The molecule has 1 aliphatic heterocycles. The highest BCUT2D eigenvalue weighted by molar-refractivity contribution is 7.88. The highest BCUT2D eigenvalue weighted by Crippen LogP contribution is 2.31.